The molecule has 0 saturated carbocycles. The maximum Gasteiger partial charge on any atom is 0.0807 e. The summed E-state index contributed by atoms with van der Waals surface area (Å²) in [4.78, 5) is 2.51. The molecule has 1 fully saturated rings. The summed E-state index contributed by atoms with van der Waals surface area (Å²) in [5.41, 5.74) is 3.92. The summed E-state index contributed by atoms with van der Waals surface area (Å²) in [6, 6.07) is 2.88. The number of aromatic nitrogens is 1. The lowest BCUT2D eigenvalue weighted by Crippen LogP contribution is -2.39. The Morgan fingerprint density at radius 3 is 2.89 bits per heavy atom. The Morgan fingerprint density at radius 1 is 1.26 bits per heavy atom. The van der Waals surface area contributed by atoms with Crippen molar-refractivity contribution in [2.75, 3.05) is 13.6 Å². The summed E-state index contributed by atoms with van der Waals surface area (Å²) in [5.74, 6) is 0. The molecule has 0 radical (unpaired) electrons. The fourth-order valence-corrected chi connectivity index (χ4v) is 3.78. The van der Waals surface area contributed by atoms with Crippen molar-refractivity contribution >= 4 is 0 Å². The number of nitrogens with zero attached hydrogens (tertiary/aromatic N) is 2. The van der Waals surface area contributed by atoms with E-state index in [1.807, 2.05) is 0 Å². The number of aliphatic hydroxyl groups is 1. The summed E-state index contributed by atoms with van der Waals surface area (Å²) >= 11 is 0. The average molecular weight is 262 g/mol. The molecule has 0 spiro atoms. The number of rotatable bonds is 2. The second-order valence-electron chi connectivity index (χ2n) is 6.34. The molecule has 3 heteroatoms. The van der Waals surface area contributed by atoms with Gasteiger partial charge in [0.25, 0.3) is 0 Å². The molecular formula is C16H26N2O. The topological polar surface area (TPSA) is 28.4 Å². The molecular weight excluding hydrogens is 236 g/mol. The molecule has 2 atom stereocenters. The summed E-state index contributed by atoms with van der Waals surface area (Å²) in [6.07, 6.45) is 6.97. The third-order valence-corrected chi connectivity index (χ3v) is 5.01. The second-order valence-corrected chi connectivity index (χ2v) is 6.34. The zero-order valence-corrected chi connectivity index (χ0v) is 12.2. The average Bonchev–Trinajstić information content (AvgIpc) is 2.71. The summed E-state index contributed by atoms with van der Waals surface area (Å²) < 4.78 is 2.48. The van der Waals surface area contributed by atoms with Crippen molar-refractivity contribution in [2.24, 2.45) is 0 Å². The lowest BCUT2D eigenvalue weighted by molar-refractivity contribution is 0.151. The van der Waals surface area contributed by atoms with Gasteiger partial charge in [-0.15, -0.1) is 0 Å². The van der Waals surface area contributed by atoms with Gasteiger partial charge >= 0.3 is 0 Å². The standard InChI is InChI=1S/C16H26N2O/c1-12-10-14-15(7-5-8-16(14)19)18(12)11-13-6-3-4-9-17(13)2/h10,13,16,19H,3-9,11H2,1-2H3. The van der Waals surface area contributed by atoms with Crippen LogP contribution >= 0.6 is 0 Å². The van der Waals surface area contributed by atoms with Crippen molar-refractivity contribution in [2.45, 2.75) is 64.1 Å². The minimum absolute atomic E-state index is 0.229. The van der Waals surface area contributed by atoms with Crippen molar-refractivity contribution in [3.05, 3.63) is 23.0 Å². The molecule has 3 nitrogen and oxygen atoms in total. The van der Waals surface area contributed by atoms with Crippen molar-refractivity contribution in [1.29, 1.82) is 0 Å². The van der Waals surface area contributed by atoms with Gasteiger partial charge in [-0.1, -0.05) is 6.42 Å². The normalized spacial score (nSPS) is 28.4. The minimum Gasteiger partial charge on any atom is -0.388 e. The van der Waals surface area contributed by atoms with E-state index < -0.39 is 0 Å². The zero-order chi connectivity index (χ0) is 13.4. The van der Waals surface area contributed by atoms with Gasteiger partial charge in [-0.3, -0.25) is 0 Å². The minimum atomic E-state index is -0.229. The van der Waals surface area contributed by atoms with Crippen LogP contribution in [0.15, 0.2) is 6.07 Å². The third kappa shape index (κ3) is 2.46. The molecule has 1 aliphatic heterocycles. The molecule has 106 valence electrons. The van der Waals surface area contributed by atoms with E-state index in [0.29, 0.717) is 6.04 Å². The predicted octanol–water partition coefficient (Wildman–Crippen LogP) is 2.65. The predicted molar refractivity (Wildman–Crippen MR) is 77.3 cm³/mol. The molecule has 2 heterocycles. The number of hydrogen-bond donors (Lipinski definition) is 1. The second kappa shape index (κ2) is 5.29. The van der Waals surface area contributed by atoms with Gasteiger partial charge in [0.1, 0.15) is 0 Å². The number of likely N-dealkylation sites (tertiary alicyclic amines) is 1. The number of aliphatic hydroxyl groups excluding tert-OH is 1. The van der Waals surface area contributed by atoms with E-state index in [1.54, 1.807) is 0 Å². The molecule has 1 aliphatic carbocycles. The first kappa shape index (κ1) is 13.2. The number of hydrogen-bond acceptors (Lipinski definition) is 2. The Hall–Kier alpha value is -0.800. The Balaban J connectivity index is 1.84. The quantitative estimate of drug-likeness (QED) is 0.887. The first-order valence-electron chi connectivity index (χ1n) is 7.74. The van der Waals surface area contributed by atoms with Gasteiger partial charge in [0.2, 0.25) is 0 Å². The van der Waals surface area contributed by atoms with E-state index >= 15 is 0 Å². The van der Waals surface area contributed by atoms with Gasteiger partial charge in [0, 0.05) is 29.5 Å². The van der Waals surface area contributed by atoms with Crippen LogP contribution in [-0.2, 0) is 13.0 Å². The fourth-order valence-electron chi connectivity index (χ4n) is 3.78. The maximum absolute atomic E-state index is 10.1. The van der Waals surface area contributed by atoms with Crippen LogP contribution in [0.4, 0.5) is 0 Å². The van der Waals surface area contributed by atoms with Crippen LogP contribution in [0.1, 0.15) is 55.2 Å². The molecule has 0 amide bonds. The van der Waals surface area contributed by atoms with Gasteiger partial charge in [-0.25, -0.2) is 0 Å². The summed E-state index contributed by atoms with van der Waals surface area (Å²) in [6.45, 7) is 4.52. The van der Waals surface area contributed by atoms with Crippen LogP contribution in [0, 0.1) is 6.92 Å². The SMILES string of the molecule is Cc1cc2c(n1CC1CCCCN1C)CCCC2O. The van der Waals surface area contributed by atoms with E-state index in [9.17, 15) is 5.11 Å². The molecule has 2 unspecified atom stereocenters. The van der Waals surface area contributed by atoms with Gasteiger partial charge in [-0.05, 0) is 58.7 Å². The van der Waals surface area contributed by atoms with Gasteiger partial charge in [0.15, 0.2) is 0 Å². The zero-order valence-electron chi connectivity index (χ0n) is 12.2. The number of likely N-dealkylation sites (N-methyl/N-ethyl adjacent to an activating group) is 1. The van der Waals surface area contributed by atoms with E-state index in [4.69, 9.17) is 0 Å². The number of fused-ring (bicyclic) bond motifs is 1. The van der Waals surface area contributed by atoms with Crippen molar-refractivity contribution in [3.63, 3.8) is 0 Å². The maximum atomic E-state index is 10.1. The number of piperidine rings is 1. The highest BCUT2D eigenvalue weighted by atomic mass is 16.3. The van der Waals surface area contributed by atoms with Crippen molar-refractivity contribution in [1.82, 2.24) is 9.47 Å². The third-order valence-electron chi connectivity index (χ3n) is 5.01. The molecule has 1 aromatic heterocycles. The highest BCUT2D eigenvalue weighted by molar-refractivity contribution is 5.31. The molecule has 0 bridgehead atoms. The lowest BCUT2D eigenvalue weighted by atomic mass is 9.95. The van der Waals surface area contributed by atoms with Crippen LogP contribution in [0.2, 0.25) is 0 Å². The Labute approximate surface area is 116 Å². The smallest absolute Gasteiger partial charge is 0.0807 e. The first-order chi connectivity index (χ1) is 9.16. The Morgan fingerprint density at radius 2 is 2.11 bits per heavy atom. The van der Waals surface area contributed by atoms with Crippen LogP contribution in [-0.4, -0.2) is 34.2 Å². The monoisotopic (exact) mass is 262 g/mol. The first-order valence-corrected chi connectivity index (χ1v) is 7.74. The molecule has 19 heavy (non-hydrogen) atoms. The van der Waals surface area contributed by atoms with Gasteiger partial charge in [-0.2, -0.15) is 0 Å². The van der Waals surface area contributed by atoms with E-state index in [-0.39, 0.29) is 6.10 Å². The molecule has 1 aromatic rings. The summed E-state index contributed by atoms with van der Waals surface area (Å²) in [5, 5.41) is 10.1. The lowest BCUT2D eigenvalue weighted by Gasteiger charge is -2.34. The van der Waals surface area contributed by atoms with Crippen LogP contribution in [0.5, 0.6) is 0 Å². The van der Waals surface area contributed by atoms with Gasteiger partial charge < -0.3 is 14.6 Å². The molecule has 2 aliphatic rings. The highest BCUT2D eigenvalue weighted by Crippen LogP contribution is 2.33. The Bertz CT molecular complexity index is 452. The molecule has 0 aromatic carbocycles. The van der Waals surface area contributed by atoms with Crippen LogP contribution < -0.4 is 0 Å². The van der Waals surface area contributed by atoms with Crippen LogP contribution in [0.25, 0.3) is 0 Å². The van der Waals surface area contributed by atoms with Crippen molar-refractivity contribution in [3.8, 4) is 0 Å². The van der Waals surface area contributed by atoms with Crippen LogP contribution in [0.3, 0.4) is 0 Å². The number of aryl methyl sites for hydroxylation is 1. The van der Waals surface area contributed by atoms with E-state index in [2.05, 4.69) is 29.5 Å². The summed E-state index contributed by atoms with van der Waals surface area (Å²) in [7, 11) is 2.25. The van der Waals surface area contributed by atoms with E-state index in [0.717, 1.165) is 25.8 Å². The van der Waals surface area contributed by atoms with Gasteiger partial charge in [0.05, 0.1) is 6.10 Å². The molecule has 1 saturated heterocycles. The van der Waals surface area contributed by atoms with E-state index in [1.165, 1.54) is 42.8 Å². The molecule has 3 rings (SSSR count). The largest absolute Gasteiger partial charge is 0.388 e. The molecule has 1 N–H and O–H groups in total. The fraction of sp³-hybridized carbons (Fsp3) is 0.750. The van der Waals surface area contributed by atoms with Crippen molar-refractivity contribution < 1.29 is 5.11 Å². The Kier molecular flexibility index (Phi) is 3.68. The highest BCUT2D eigenvalue weighted by Gasteiger charge is 2.26.